The van der Waals surface area contributed by atoms with Gasteiger partial charge in [-0.1, -0.05) is 12.1 Å². The van der Waals surface area contributed by atoms with E-state index in [0.717, 1.165) is 10.9 Å². The van der Waals surface area contributed by atoms with Crippen LogP contribution in [0.1, 0.15) is 5.56 Å². The molecular weight excluding hydrogens is 247 g/mol. The first-order valence-corrected chi connectivity index (χ1v) is 4.99. The number of nitrogens with one attached hydrogen (secondary N) is 1. The Bertz CT molecular complexity index is 668. The summed E-state index contributed by atoms with van der Waals surface area (Å²) in [7, 11) is 0. The van der Waals surface area contributed by atoms with Gasteiger partial charge in [0.25, 0.3) is 0 Å². The number of aromatic nitrogens is 5. The molecule has 0 spiro atoms. The molecule has 0 radical (unpaired) electrons. The minimum absolute atomic E-state index is 0.128. The summed E-state index contributed by atoms with van der Waals surface area (Å²) < 4.78 is 38.5. The highest BCUT2D eigenvalue weighted by Crippen LogP contribution is 2.33. The summed E-state index contributed by atoms with van der Waals surface area (Å²) in [6.07, 6.45) is -3.07. The number of hydrogen-bond acceptors (Lipinski definition) is 3. The number of fused-ring (bicyclic) bond motifs is 1. The van der Waals surface area contributed by atoms with Crippen LogP contribution in [0, 0.1) is 0 Å². The number of alkyl halides is 3. The maximum atomic E-state index is 12.8. The number of halogens is 3. The zero-order valence-corrected chi connectivity index (χ0v) is 8.81. The predicted octanol–water partition coefficient (Wildman–Crippen LogP) is 2.16. The van der Waals surface area contributed by atoms with E-state index in [4.69, 9.17) is 0 Å². The van der Waals surface area contributed by atoms with Crippen molar-refractivity contribution in [2.24, 2.45) is 0 Å². The molecule has 1 N–H and O–H groups in total. The Kier molecular flexibility index (Phi) is 2.12. The molecular formula is C10H6F3N5. The highest BCUT2D eigenvalue weighted by Gasteiger charge is 2.34. The number of benzene rings is 1. The molecule has 0 bridgehead atoms. The van der Waals surface area contributed by atoms with E-state index >= 15 is 0 Å². The van der Waals surface area contributed by atoms with Crippen molar-refractivity contribution in [3.63, 3.8) is 0 Å². The molecule has 5 nitrogen and oxygen atoms in total. The fraction of sp³-hybridized carbons (Fsp3) is 0.100. The molecule has 8 heteroatoms. The lowest BCUT2D eigenvalue weighted by Gasteiger charge is -2.10. The van der Waals surface area contributed by atoms with Crippen LogP contribution >= 0.6 is 0 Å². The summed E-state index contributed by atoms with van der Waals surface area (Å²) in [6, 6.07) is 5.11. The van der Waals surface area contributed by atoms with Crippen LogP contribution in [-0.4, -0.2) is 25.0 Å². The molecule has 18 heavy (non-hydrogen) atoms. The van der Waals surface area contributed by atoms with E-state index in [9.17, 15) is 13.2 Å². The molecule has 1 aromatic carbocycles. The van der Waals surface area contributed by atoms with Gasteiger partial charge in [0, 0.05) is 0 Å². The summed E-state index contributed by atoms with van der Waals surface area (Å²) in [5.74, 6) is 0. The first kappa shape index (κ1) is 10.8. The summed E-state index contributed by atoms with van der Waals surface area (Å²) in [5, 5.41) is 7.78. The first-order valence-electron chi connectivity index (χ1n) is 4.99. The van der Waals surface area contributed by atoms with Gasteiger partial charge >= 0.3 is 6.18 Å². The van der Waals surface area contributed by atoms with E-state index in [2.05, 4.69) is 20.2 Å². The molecule has 0 amide bonds. The highest BCUT2D eigenvalue weighted by molar-refractivity contribution is 5.64. The number of nitrogens with zero attached hydrogens (tertiary/aromatic N) is 4. The number of aromatic amines is 1. The van der Waals surface area contributed by atoms with Crippen molar-refractivity contribution in [1.29, 1.82) is 0 Å². The maximum Gasteiger partial charge on any atom is 0.418 e. The van der Waals surface area contributed by atoms with Crippen LogP contribution in [0.3, 0.4) is 0 Å². The van der Waals surface area contributed by atoms with Gasteiger partial charge in [0.05, 0.1) is 17.6 Å². The number of rotatable bonds is 1. The fourth-order valence-corrected chi connectivity index (χ4v) is 1.63. The number of H-pyrrole nitrogens is 1. The van der Waals surface area contributed by atoms with Gasteiger partial charge in [0.2, 0.25) is 11.3 Å². The van der Waals surface area contributed by atoms with Gasteiger partial charge < -0.3 is 4.98 Å². The van der Waals surface area contributed by atoms with Gasteiger partial charge in [-0.15, -0.1) is 15.0 Å². The van der Waals surface area contributed by atoms with Crippen LogP contribution in [0.25, 0.3) is 17.0 Å². The Labute approximate surface area is 98.3 Å². The summed E-state index contributed by atoms with van der Waals surface area (Å²) in [4.78, 5) is 7.43. The van der Waals surface area contributed by atoms with Crippen LogP contribution in [-0.2, 0) is 6.18 Å². The molecule has 2 aromatic heterocycles. The molecule has 2 heterocycles. The second-order valence-electron chi connectivity index (χ2n) is 3.58. The van der Waals surface area contributed by atoms with Gasteiger partial charge in [-0.2, -0.15) is 13.2 Å². The third-order valence-electron chi connectivity index (χ3n) is 2.41. The Morgan fingerprint density at radius 1 is 1.11 bits per heavy atom. The Hall–Kier alpha value is -2.38. The molecule has 3 rings (SSSR count). The Morgan fingerprint density at radius 3 is 2.61 bits per heavy atom. The second-order valence-corrected chi connectivity index (χ2v) is 3.58. The van der Waals surface area contributed by atoms with Gasteiger partial charge in [-0.05, 0) is 12.1 Å². The molecule has 0 saturated carbocycles. The van der Waals surface area contributed by atoms with E-state index < -0.39 is 11.7 Å². The fourth-order valence-electron chi connectivity index (χ4n) is 1.63. The van der Waals surface area contributed by atoms with E-state index in [1.54, 1.807) is 0 Å². The molecule has 0 aliphatic heterocycles. The molecule has 3 aromatic rings. The van der Waals surface area contributed by atoms with Gasteiger partial charge in [-0.3, -0.25) is 0 Å². The molecule has 0 fully saturated rings. The molecule has 0 aliphatic rings. The normalized spacial score (nSPS) is 12.2. The molecule has 0 unspecified atom stereocenters. The smallest absolute Gasteiger partial charge is 0.326 e. The van der Waals surface area contributed by atoms with Crippen molar-refractivity contribution >= 4 is 11.3 Å². The van der Waals surface area contributed by atoms with Gasteiger partial charge in [0.1, 0.15) is 0 Å². The van der Waals surface area contributed by atoms with Crippen molar-refractivity contribution < 1.29 is 13.2 Å². The average molecular weight is 253 g/mol. The van der Waals surface area contributed by atoms with E-state index in [1.165, 1.54) is 24.5 Å². The molecule has 0 aliphatic carbocycles. The van der Waals surface area contributed by atoms with E-state index in [-0.39, 0.29) is 11.3 Å². The van der Waals surface area contributed by atoms with Crippen LogP contribution in [0.5, 0.6) is 0 Å². The number of para-hydroxylation sites is 1. The van der Waals surface area contributed by atoms with Crippen LogP contribution in [0.4, 0.5) is 13.2 Å². The average Bonchev–Trinajstić information content (AvgIpc) is 2.87. The second kappa shape index (κ2) is 3.56. The third kappa shape index (κ3) is 1.62. The number of hydrogen-bond donors (Lipinski definition) is 1. The van der Waals surface area contributed by atoms with Crippen molar-refractivity contribution in [2.45, 2.75) is 6.18 Å². The monoisotopic (exact) mass is 253 g/mol. The quantitative estimate of drug-likeness (QED) is 0.723. The third-order valence-corrected chi connectivity index (χ3v) is 2.41. The standard InChI is InChI=1S/C10H6F3N5/c11-10(12,13)6-3-1-2-4-7(6)18-16-8-9(17-18)15-5-14-8/h1-5H,(H,14,15,16,17). The minimum Gasteiger partial charge on any atom is -0.326 e. The maximum absolute atomic E-state index is 12.8. The molecule has 0 saturated heterocycles. The minimum atomic E-state index is -4.45. The van der Waals surface area contributed by atoms with Crippen molar-refractivity contribution in [3.05, 3.63) is 36.2 Å². The molecule has 92 valence electrons. The lowest BCUT2D eigenvalue weighted by molar-refractivity contribution is -0.137. The largest absolute Gasteiger partial charge is 0.418 e. The Morgan fingerprint density at radius 2 is 1.89 bits per heavy atom. The predicted molar refractivity (Wildman–Crippen MR) is 56.0 cm³/mol. The van der Waals surface area contributed by atoms with Crippen LogP contribution < -0.4 is 0 Å². The van der Waals surface area contributed by atoms with E-state index in [0.29, 0.717) is 5.65 Å². The summed E-state index contributed by atoms with van der Waals surface area (Å²) in [5.41, 5.74) is -0.307. The number of imidazole rings is 1. The van der Waals surface area contributed by atoms with Crippen molar-refractivity contribution in [2.75, 3.05) is 0 Å². The lowest BCUT2D eigenvalue weighted by atomic mass is 10.2. The first-order chi connectivity index (χ1) is 8.55. The van der Waals surface area contributed by atoms with Crippen molar-refractivity contribution in [3.8, 4) is 5.69 Å². The SMILES string of the molecule is FC(F)(F)c1ccccc1-n1nc2nc[nH]c2n1. The summed E-state index contributed by atoms with van der Waals surface area (Å²) >= 11 is 0. The zero-order valence-electron chi connectivity index (χ0n) is 8.81. The highest BCUT2D eigenvalue weighted by atomic mass is 19.4. The van der Waals surface area contributed by atoms with Gasteiger partial charge in [-0.25, -0.2) is 4.98 Å². The molecule has 0 atom stereocenters. The van der Waals surface area contributed by atoms with Crippen molar-refractivity contribution in [1.82, 2.24) is 25.0 Å². The topological polar surface area (TPSA) is 59.4 Å². The van der Waals surface area contributed by atoms with E-state index in [1.807, 2.05) is 0 Å². The lowest BCUT2D eigenvalue weighted by Crippen LogP contribution is -2.12. The van der Waals surface area contributed by atoms with Crippen LogP contribution in [0.15, 0.2) is 30.6 Å². The summed E-state index contributed by atoms with van der Waals surface area (Å²) in [6.45, 7) is 0. The van der Waals surface area contributed by atoms with Crippen LogP contribution in [0.2, 0.25) is 0 Å². The Balaban J connectivity index is 2.20. The van der Waals surface area contributed by atoms with Gasteiger partial charge in [0.15, 0.2) is 0 Å². The zero-order chi connectivity index (χ0) is 12.8.